The van der Waals surface area contributed by atoms with E-state index in [1.54, 1.807) is 0 Å². The lowest BCUT2D eigenvalue weighted by Crippen LogP contribution is -2.35. The molecule has 5 aromatic carbocycles. The Kier molecular flexibility index (Phi) is 4.66. The van der Waals surface area contributed by atoms with E-state index in [0.29, 0.717) is 0 Å². The summed E-state index contributed by atoms with van der Waals surface area (Å²) in [7, 11) is 2.16. The molecular weight excluding hydrogens is 478 g/mol. The molecule has 0 N–H and O–H groups in total. The maximum absolute atomic E-state index is 6.86. The van der Waals surface area contributed by atoms with Gasteiger partial charge >= 0.3 is 0 Å². The van der Waals surface area contributed by atoms with Gasteiger partial charge < -0.3 is 19.1 Å². The van der Waals surface area contributed by atoms with E-state index in [2.05, 4.69) is 138 Å². The van der Waals surface area contributed by atoms with E-state index in [9.17, 15) is 0 Å². The molecule has 0 saturated carbocycles. The van der Waals surface area contributed by atoms with Crippen molar-refractivity contribution in [1.29, 1.82) is 0 Å². The van der Waals surface area contributed by atoms with Crippen LogP contribution in [0.4, 0.5) is 17.1 Å². The molecule has 0 saturated heterocycles. The molecule has 2 aliphatic rings. The SMILES string of the molecule is Cc1c(Oc2cc3c4ccccc4n4c3cc2Cc2ccccc2-4)cccc1N1c2ccccc2N(C)C1C. The monoisotopic (exact) mass is 507 g/mol. The summed E-state index contributed by atoms with van der Waals surface area (Å²) in [6.07, 6.45) is 1.04. The van der Waals surface area contributed by atoms with Gasteiger partial charge in [-0.05, 0) is 67.9 Å². The summed E-state index contributed by atoms with van der Waals surface area (Å²) in [5.41, 5.74) is 11.0. The molecule has 39 heavy (non-hydrogen) atoms. The second-order valence-electron chi connectivity index (χ2n) is 10.7. The number of benzene rings is 5. The third-order valence-electron chi connectivity index (χ3n) is 8.66. The Labute approximate surface area is 228 Å². The van der Waals surface area contributed by atoms with Gasteiger partial charge in [-0.2, -0.15) is 0 Å². The molecule has 1 atom stereocenters. The van der Waals surface area contributed by atoms with Crippen LogP contribution in [0.5, 0.6) is 11.5 Å². The van der Waals surface area contributed by atoms with E-state index in [1.807, 2.05) is 0 Å². The van der Waals surface area contributed by atoms with Gasteiger partial charge in [0.1, 0.15) is 17.7 Å². The molecule has 1 aromatic heterocycles. The fraction of sp³-hybridized carbons (Fsp3) is 0.143. The molecule has 0 aliphatic carbocycles. The predicted molar refractivity (Wildman–Crippen MR) is 161 cm³/mol. The summed E-state index contributed by atoms with van der Waals surface area (Å²) in [6, 6.07) is 37.1. The fourth-order valence-electron chi connectivity index (χ4n) is 6.58. The van der Waals surface area contributed by atoms with E-state index >= 15 is 0 Å². The first-order valence-electron chi connectivity index (χ1n) is 13.6. The number of hydrogen-bond acceptors (Lipinski definition) is 3. The number of fused-ring (bicyclic) bond motifs is 7. The van der Waals surface area contributed by atoms with Crippen LogP contribution in [0.25, 0.3) is 27.5 Å². The van der Waals surface area contributed by atoms with Crippen LogP contribution in [-0.2, 0) is 6.42 Å². The average molecular weight is 508 g/mol. The zero-order valence-corrected chi connectivity index (χ0v) is 22.3. The summed E-state index contributed by atoms with van der Waals surface area (Å²) in [5, 5.41) is 2.47. The maximum atomic E-state index is 6.86. The Balaban J connectivity index is 1.28. The van der Waals surface area contributed by atoms with E-state index in [1.165, 1.54) is 55.7 Å². The number of nitrogens with zero attached hydrogens (tertiary/aromatic N) is 3. The molecule has 3 heterocycles. The summed E-state index contributed by atoms with van der Waals surface area (Å²) < 4.78 is 9.27. The molecule has 4 heteroatoms. The lowest BCUT2D eigenvalue weighted by atomic mass is 10.0. The van der Waals surface area contributed by atoms with Gasteiger partial charge in [0.2, 0.25) is 0 Å². The van der Waals surface area contributed by atoms with Gasteiger partial charge in [0.25, 0.3) is 0 Å². The lowest BCUT2D eigenvalue weighted by molar-refractivity contribution is 0.474. The minimum atomic E-state index is 0.208. The first kappa shape index (κ1) is 22.3. The Morgan fingerprint density at radius 1 is 0.641 bits per heavy atom. The molecule has 0 radical (unpaired) electrons. The quantitative estimate of drug-likeness (QED) is 0.239. The highest BCUT2D eigenvalue weighted by atomic mass is 16.5. The van der Waals surface area contributed by atoms with Gasteiger partial charge in [0.05, 0.1) is 22.4 Å². The minimum absolute atomic E-state index is 0.208. The molecular formula is C35H29N3O. The van der Waals surface area contributed by atoms with Gasteiger partial charge in [0, 0.05) is 46.7 Å². The van der Waals surface area contributed by atoms with Gasteiger partial charge in [-0.15, -0.1) is 0 Å². The smallest absolute Gasteiger partial charge is 0.132 e. The van der Waals surface area contributed by atoms with Crippen molar-refractivity contribution < 1.29 is 4.74 Å². The van der Waals surface area contributed by atoms with Crippen LogP contribution < -0.4 is 14.5 Å². The number of para-hydroxylation sites is 4. The molecule has 0 spiro atoms. The Hall–Kier alpha value is -4.70. The minimum Gasteiger partial charge on any atom is -0.457 e. The van der Waals surface area contributed by atoms with Crippen molar-refractivity contribution in [3.05, 3.63) is 120 Å². The molecule has 4 nitrogen and oxygen atoms in total. The van der Waals surface area contributed by atoms with E-state index in [-0.39, 0.29) is 6.17 Å². The zero-order valence-electron chi connectivity index (χ0n) is 22.3. The van der Waals surface area contributed by atoms with Crippen LogP contribution >= 0.6 is 0 Å². The van der Waals surface area contributed by atoms with E-state index < -0.39 is 0 Å². The number of aromatic nitrogens is 1. The van der Waals surface area contributed by atoms with Crippen LogP contribution in [0.15, 0.2) is 103 Å². The third-order valence-corrected chi connectivity index (χ3v) is 8.66. The van der Waals surface area contributed by atoms with Crippen LogP contribution in [0, 0.1) is 6.92 Å². The highest BCUT2D eigenvalue weighted by Crippen LogP contribution is 2.47. The van der Waals surface area contributed by atoms with Crippen molar-refractivity contribution >= 4 is 38.9 Å². The highest BCUT2D eigenvalue weighted by Gasteiger charge is 2.32. The second kappa shape index (κ2) is 8.15. The molecule has 2 aliphatic heterocycles. The van der Waals surface area contributed by atoms with Crippen LogP contribution in [0.1, 0.15) is 23.6 Å². The number of rotatable bonds is 3. The molecule has 8 rings (SSSR count). The van der Waals surface area contributed by atoms with Crippen LogP contribution in [-0.4, -0.2) is 17.8 Å². The van der Waals surface area contributed by atoms with Crippen molar-refractivity contribution in [2.45, 2.75) is 26.4 Å². The predicted octanol–water partition coefficient (Wildman–Crippen LogP) is 8.72. The highest BCUT2D eigenvalue weighted by molar-refractivity contribution is 6.10. The lowest BCUT2D eigenvalue weighted by Gasteiger charge is -2.29. The molecule has 6 aromatic rings. The molecule has 0 amide bonds. The number of ether oxygens (including phenoxy) is 1. The van der Waals surface area contributed by atoms with E-state index in [0.717, 1.165) is 23.5 Å². The number of anilines is 3. The summed E-state index contributed by atoms with van der Waals surface area (Å²) >= 11 is 0. The van der Waals surface area contributed by atoms with Gasteiger partial charge in [-0.25, -0.2) is 0 Å². The summed E-state index contributed by atoms with van der Waals surface area (Å²) in [6.45, 7) is 4.43. The normalized spacial score (nSPS) is 15.6. The van der Waals surface area contributed by atoms with Crippen molar-refractivity contribution in [3.8, 4) is 17.2 Å². The van der Waals surface area contributed by atoms with Crippen LogP contribution in [0.3, 0.4) is 0 Å². The van der Waals surface area contributed by atoms with Crippen molar-refractivity contribution in [1.82, 2.24) is 4.57 Å². The van der Waals surface area contributed by atoms with Gasteiger partial charge in [-0.3, -0.25) is 0 Å². The number of hydrogen-bond donors (Lipinski definition) is 0. The topological polar surface area (TPSA) is 20.6 Å². The zero-order chi connectivity index (χ0) is 26.2. The first-order valence-corrected chi connectivity index (χ1v) is 13.6. The molecule has 2 bridgehead atoms. The standard InChI is InChI=1S/C35H29N3O/c1-22-28(37-23(2)36(3)31-15-8-9-16-32(31)37)17-10-18-34(22)39-35-21-27-26-12-5-7-14-30(26)38-29-13-6-4-11-24(29)19-25(35)20-33(27)38/h4-18,20-21,23H,19H2,1-3H3. The molecule has 190 valence electrons. The molecule has 0 fully saturated rings. The van der Waals surface area contributed by atoms with Gasteiger partial charge in [0.15, 0.2) is 0 Å². The average Bonchev–Trinajstić information content (AvgIpc) is 3.35. The van der Waals surface area contributed by atoms with Crippen molar-refractivity contribution in [2.75, 3.05) is 16.8 Å². The van der Waals surface area contributed by atoms with Crippen LogP contribution in [0.2, 0.25) is 0 Å². The second-order valence-corrected chi connectivity index (χ2v) is 10.7. The Morgan fingerprint density at radius 3 is 2.23 bits per heavy atom. The van der Waals surface area contributed by atoms with Crippen molar-refractivity contribution in [3.63, 3.8) is 0 Å². The fourth-order valence-corrected chi connectivity index (χ4v) is 6.58. The maximum Gasteiger partial charge on any atom is 0.132 e. The summed E-state index contributed by atoms with van der Waals surface area (Å²) in [4.78, 5) is 4.75. The van der Waals surface area contributed by atoms with Crippen molar-refractivity contribution in [2.24, 2.45) is 0 Å². The van der Waals surface area contributed by atoms with E-state index in [4.69, 9.17) is 4.74 Å². The largest absolute Gasteiger partial charge is 0.457 e. The first-order chi connectivity index (χ1) is 19.1. The molecule has 1 unspecified atom stereocenters. The summed E-state index contributed by atoms with van der Waals surface area (Å²) in [5.74, 6) is 1.82. The van der Waals surface area contributed by atoms with Gasteiger partial charge in [-0.1, -0.05) is 54.6 Å². The third kappa shape index (κ3) is 3.12. The Morgan fingerprint density at radius 2 is 1.36 bits per heavy atom. The Bertz CT molecular complexity index is 1930.